The molecule has 0 radical (unpaired) electrons. The molecule has 0 unspecified atom stereocenters. The Bertz CT molecular complexity index is 317. The van der Waals surface area contributed by atoms with Crippen LogP contribution in [0.4, 0.5) is 0 Å². The number of hydrogen-bond acceptors (Lipinski definition) is 2. The van der Waals surface area contributed by atoms with Gasteiger partial charge in [0.15, 0.2) is 0 Å². The van der Waals surface area contributed by atoms with Gasteiger partial charge < -0.3 is 10.4 Å². The largest absolute Gasteiger partial charge is 0.481 e. The maximum absolute atomic E-state index is 10.2. The molecule has 0 saturated heterocycles. The van der Waals surface area contributed by atoms with Gasteiger partial charge in [-0.05, 0) is 32.1 Å². The van der Waals surface area contributed by atoms with Crippen molar-refractivity contribution < 1.29 is 9.90 Å². The number of carboxylic acid groups (broad SMARTS) is 1. The van der Waals surface area contributed by atoms with Crippen molar-refractivity contribution in [3.63, 3.8) is 0 Å². The topological polar surface area (TPSA) is 49.3 Å². The van der Waals surface area contributed by atoms with Crippen molar-refractivity contribution in [3.8, 4) is 0 Å². The summed E-state index contributed by atoms with van der Waals surface area (Å²) in [6.07, 6.45) is 26.0. The normalized spacial score (nSPS) is 18.7. The van der Waals surface area contributed by atoms with Crippen molar-refractivity contribution in [2.45, 2.75) is 147 Å². The molecule has 160 valence electrons. The lowest BCUT2D eigenvalue weighted by molar-refractivity contribution is -0.137. The van der Waals surface area contributed by atoms with Gasteiger partial charge in [-0.2, -0.15) is 0 Å². The Kier molecular flexibility index (Phi) is 15.9. The zero-order valence-corrected chi connectivity index (χ0v) is 18.2. The van der Waals surface area contributed by atoms with Gasteiger partial charge in [0.1, 0.15) is 0 Å². The molecule has 0 heterocycles. The summed E-state index contributed by atoms with van der Waals surface area (Å²) in [4.78, 5) is 10.2. The van der Waals surface area contributed by atoms with Crippen molar-refractivity contribution in [1.82, 2.24) is 5.32 Å². The van der Waals surface area contributed by atoms with Gasteiger partial charge in [0, 0.05) is 18.5 Å². The number of carbonyl (C=O) groups is 1. The number of nitrogens with one attached hydrogen (secondary N) is 1. The highest BCUT2D eigenvalue weighted by molar-refractivity contribution is 5.66. The first-order valence-corrected chi connectivity index (χ1v) is 12.2. The molecule has 2 rings (SSSR count). The molecule has 2 saturated carbocycles. The molecule has 0 atom stereocenters. The maximum Gasteiger partial charge on any atom is 0.303 e. The third kappa shape index (κ3) is 15.1. The average Bonchev–Trinajstić information content (AvgIpc) is 2.69. The van der Waals surface area contributed by atoms with Gasteiger partial charge in [0.05, 0.1) is 0 Å². The maximum atomic E-state index is 10.2. The molecule has 0 aromatic rings. The highest BCUT2D eigenvalue weighted by Gasteiger charge is 2.19. The van der Waals surface area contributed by atoms with Gasteiger partial charge in [0.25, 0.3) is 0 Å². The van der Waals surface area contributed by atoms with E-state index < -0.39 is 5.97 Å². The van der Waals surface area contributed by atoms with Gasteiger partial charge in [-0.1, -0.05) is 96.8 Å². The van der Waals surface area contributed by atoms with Gasteiger partial charge in [-0.15, -0.1) is 0 Å². The van der Waals surface area contributed by atoms with E-state index >= 15 is 0 Å². The predicted molar refractivity (Wildman–Crippen MR) is 116 cm³/mol. The molecule has 2 aliphatic carbocycles. The minimum atomic E-state index is -0.659. The Hall–Kier alpha value is -0.570. The lowest BCUT2D eigenvalue weighted by atomic mass is 9.91. The molecule has 3 nitrogen and oxygen atoms in total. The van der Waals surface area contributed by atoms with E-state index in [9.17, 15) is 4.79 Å². The molecule has 2 aliphatic rings. The summed E-state index contributed by atoms with van der Waals surface area (Å²) >= 11 is 0. The molecule has 0 aromatic carbocycles. The van der Waals surface area contributed by atoms with Gasteiger partial charge in [-0.3, -0.25) is 4.79 Å². The number of unbranched alkanes of at least 4 members (excludes halogenated alkanes) is 8. The van der Waals surface area contributed by atoms with E-state index in [1.54, 1.807) is 0 Å². The van der Waals surface area contributed by atoms with Crippen LogP contribution in [0.5, 0.6) is 0 Å². The summed E-state index contributed by atoms with van der Waals surface area (Å²) in [5.74, 6) is -0.659. The fourth-order valence-electron chi connectivity index (χ4n) is 4.46. The third-order valence-corrected chi connectivity index (χ3v) is 6.18. The quantitative estimate of drug-likeness (QED) is 0.350. The Balaban J connectivity index is 0.000000270. The van der Waals surface area contributed by atoms with E-state index in [0.717, 1.165) is 24.9 Å². The second-order valence-electron chi connectivity index (χ2n) is 8.81. The molecule has 0 aliphatic heterocycles. The molecule has 0 amide bonds. The minimum absolute atomic E-state index is 0.343. The summed E-state index contributed by atoms with van der Waals surface area (Å²) in [5.41, 5.74) is 0. The average molecular weight is 382 g/mol. The van der Waals surface area contributed by atoms with Crippen LogP contribution in [0.3, 0.4) is 0 Å². The molecule has 0 bridgehead atoms. The second kappa shape index (κ2) is 17.5. The summed E-state index contributed by atoms with van der Waals surface area (Å²) in [7, 11) is 0. The van der Waals surface area contributed by atoms with Crippen molar-refractivity contribution >= 4 is 5.97 Å². The summed E-state index contributed by atoms with van der Waals surface area (Å²) in [5, 5.41) is 12.3. The molecule has 0 spiro atoms. The molecular weight excluding hydrogens is 334 g/mol. The zero-order valence-electron chi connectivity index (χ0n) is 18.2. The predicted octanol–water partition coefficient (Wildman–Crippen LogP) is 7.23. The molecule has 2 fully saturated rings. The van der Waals surface area contributed by atoms with Crippen LogP contribution in [0.1, 0.15) is 135 Å². The molecule has 2 N–H and O–H groups in total. The molecule has 0 aromatic heterocycles. The molecule has 27 heavy (non-hydrogen) atoms. The fourth-order valence-corrected chi connectivity index (χ4v) is 4.46. The third-order valence-electron chi connectivity index (χ3n) is 6.18. The van der Waals surface area contributed by atoms with E-state index in [4.69, 9.17) is 5.11 Å². The Labute approximate surface area is 169 Å². The first-order chi connectivity index (χ1) is 13.2. The highest BCUT2D eigenvalue weighted by atomic mass is 16.4. The van der Waals surface area contributed by atoms with Crippen molar-refractivity contribution in [1.29, 1.82) is 0 Å². The standard InChI is InChI=1S/C12H23N.C12H24O2/c1-3-7-11(8-4-1)13-12-9-5-2-6-10-12;1-2-3-4-5-6-7-8-9-10-11-12(13)14/h11-13H,1-10H2;2-11H2,1H3,(H,13,14). The van der Waals surface area contributed by atoms with Crippen LogP contribution in [-0.2, 0) is 4.79 Å². The van der Waals surface area contributed by atoms with E-state index in [-0.39, 0.29) is 0 Å². The van der Waals surface area contributed by atoms with E-state index in [0.29, 0.717) is 6.42 Å². The monoisotopic (exact) mass is 381 g/mol. The Morgan fingerprint density at radius 1 is 0.704 bits per heavy atom. The SMILES string of the molecule is C1CCC(NC2CCCCC2)CC1.CCCCCCCCCCCC(=O)O. The van der Waals surface area contributed by atoms with Crippen LogP contribution < -0.4 is 5.32 Å². The highest BCUT2D eigenvalue weighted by Crippen LogP contribution is 2.22. The van der Waals surface area contributed by atoms with Crippen LogP contribution in [0.25, 0.3) is 0 Å². The lowest BCUT2D eigenvalue weighted by Gasteiger charge is -2.30. The van der Waals surface area contributed by atoms with Crippen molar-refractivity contribution in [2.24, 2.45) is 0 Å². The van der Waals surface area contributed by atoms with Gasteiger partial charge in [0.2, 0.25) is 0 Å². The van der Waals surface area contributed by atoms with E-state index in [2.05, 4.69) is 12.2 Å². The summed E-state index contributed by atoms with van der Waals surface area (Å²) in [6.45, 7) is 2.23. The Morgan fingerprint density at radius 2 is 1.11 bits per heavy atom. The second-order valence-corrected chi connectivity index (χ2v) is 8.81. The first-order valence-electron chi connectivity index (χ1n) is 12.2. The first kappa shape index (κ1) is 24.5. The van der Waals surface area contributed by atoms with Gasteiger partial charge >= 0.3 is 5.97 Å². The van der Waals surface area contributed by atoms with Crippen molar-refractivity contribution in [3.05, 3.63) is 0 Å². The van der Waals surface area contributed by atoms with E-state index in [1.807, 2.05) is 0 Å². The lowest BCUT2D eigenvalue weighted by Crippen LogP contribution is -2.40. The van der Waals surface area contributed by atoms with Crippen LogP contribution in [0.2, 0.25) is 0 Å². The number of rotatable bonds is 12. The smallest absolute Gasteiger partial charge is 0.303 e. The van der Waals surface area contributed by atoms with Crippen LogP contribution in [0, 0.1) is 0 Å². The Morgan fingerprint density at radius 3 is 1.52 bits per heavy atom. The minimum Gasteiger partial charge on any atom is -0.481 e. The van der Waals surface area contributed by atoms with Crippen LogP contribution in [0.15, 0.2) is 0 Å². The number of carboxylic acids is 1. The zero-order chi connectivity index (χ0) is 19.6. The van der Waals surface area contributed by atoms with Crippen molar-refractivity contribution in [2.75, 3.05) is 0 Å². The van der Waals surface area contributed by atoms with Crippen LogP contribution in [-0.4, -0.2) is 23.2 Å². The van der Waals surface area contributed by atoms with E-state index in [1.165, 1.54) is 109 Å². The molecule has 3 heteroatoms. The fraction of sp³-hybridized carbons (Fsp3) is 0.958. The summed E-state index contributed by atoms with van der Waals surface area (Å²) in [6, 6.07) is 1.74. The molecular formula is C24H47NO2. The number of aliphatic carboxylic acids is 1. The summed E-state index contributed by atoms with van der Waals surface area (Å²) < 4.78 is 0. The van der Waals surface area contributed by atoms with Gasteiger partial charge in [-0.25, -0.2) is 0 Å². The number of hydrogen-bond donors (Lipinski definition) is 2. The van der Waals surface area contributed by atoms with Crippen LogP contribution >= 0.6 is 0 Å².